The second kappa shape index (κ2) is 5.81. The van der Waals surface area contributed by atoms with Crippen molar-refractivity contribution in [2.45, 2.75) is 39.8 Å². The molecule has 0 aromatic heterocycles. The largest absolute Gasteiger partial charge is 0.311 e. The molecular formula is C15H23FN2. The zero-order valence-electron chi connectivity index (χ0n) is 11.6. The maximum absolute atomic E-state index is 13.6. The molecule has 1 aromatic carbocycles. The van der Waals surface area contributed by atoms with Gasteiger partial charge in [-0.2, -0.15) is 0 Å². The number of hydrogen-bond acceptors (Lipinski definition) is 2. The van der Waals surface area contributed by atoms with E-state index in [1.807, 2.05) is 26.0 Å². The smallest absolute Gasteiger partial charge is 0.129 e. The molecule has 0 bridgehead atoms. The Morgan fingerprint density at radius 1 is 1.33 bits per heavy atom. The molecule has 1 heterocycles. The minimum absolute atomic E-state index is 0.0644. The summed E-state index contributed by atoms with van der Waals surface area (Å²) in [6.07, 6.45) is 1.16. The Morgan fingerprint density at radius 2 is 2.00 bits per heavy atom. The quantitative estimate of drug-likeness (QED) is 0.887. The van der Waals surface area contributed by atoms with Gasteiger partial charge in [0, 0.05) is 32.2 Å². The summed E-state index contributed by atoms with van der Waals surface area (Å²) in [4.78, 5) is 2.46. The minimum Gasteiger partial charge on any atom is -0.311 e. The van der Waals surface area contributed by atoms with Crippen LogP contribution in [0.3, 0.4) is 0 Å². The molecule has 0 spiro atoms. The van der Waals surface area contributed by atoms with Crippen molar-refractivity contribution in [1.82, 2.24) is 10.2 Å². The lowest BCUT2D eigenvalue weighted by Gasteiger charge is -2.33. The molecule has 3 heteroatoms. The molecule has 0 amide bonds. The van der Waals surface area contributed by atoms with Crippen LogP contribution in [0.4, 0.5) is 4.39 Å². The van der Waals surface area contributed by atoms with Crippen molar-refractivity contribution in [3.8, 4) is 0 Å². The summed E-state index contributed by atoms with van der Waals surface area (Å²) in [5, 5.41) is 3.51. The van der Waals surface area contributed by atoms with Crippen molar-refractivity contribution in [1.29, 1.82) is 0 Å². The molecule has 1 fully saturated rings. The zero-order chi connectivity index (χ0) is 13.1. The molecule has 1 aliphatic rings. The lowest BCUT2D eigenvalue weighted by atomic mass is 10.0. The molecule has 1 atom stereocenters. The van der Waals surface area contributed by atoms with Gasteiger partial charge in [0.2, 0.25) is 0 Å². The fourth-order valence-corrected chi connectivity index (χ4v) is 2.70. The number of rotatable bonds is 3. The summed E-state index contributed by atoms with van der Waals surface area (Å²) in [5.41, 5.74) is 2.74. The van der Waals surface area contributed by atoms with E-state index in [0.29, 0.717) is 6.04 Å². The third kappa shape index (κ3) is 3.09. The van der Waals surface area contributed by atoms with Crippen LogP contribution in [-0.2, 0) is 6.54 Å². The Labute approximate surface area is 109 Å². The highest BCUT2D eigenvalue weighted by Crippen LogP contribution is 2.17. The molecule has 1 aliphatic heterocycles. The van der Waals surface area contributed by atoms with E-state index in [4.69, 9.17) is 0 Å². The van der Waals surface area contributed by atoms with Gasteiger partial charge in [-0.05, 0) is 37.0 Å². The van der Waals surface area contributed by atoms with Gasteiger partial charge in [0.25, 0.3) is 0 Å². The second-order valence-electron chi connectivity index (χ2n) is 5.34. The number of nitrogens with one attached hydrogen (secondary N) is 1. The first-order chi connectivity index (χ1) is 8.60. The first kappa shape index (κ1) is 13.5. The molecule has 2 nitrogen and oxygen atoms in total. The Balaban J connectivity index is 2.05. The summed E-state index contributed by atoms with van der Waals surface area (Å²) >= 11 is 0. The molecule has 2 rings (SSSR count). The Hall–Kier alpha value is -0.930. The van der Waals surface area contributed by atoms with Gasteiger partial charge < -0.3 is 5.32 Å². The monoisotopic (exact) mass is 250 g/mol. The van der Waals surface area contributed by atoms with Gasteiger partial charge in [0.05, 0.1) is 0 Å². The van der Waals surface area contributed by atoms with Crippen molar-refractivity contribution in [2.24, 2.45) is 0 Å². The van der Waals surface area contributed by atoms with Gasteiger partial charge in [-0.25, -0.2) is 4.39 Å². The average Bonchev–Trinajstić information content (AvgIpc) is 2.36. The Morgan fingerprint density at radius 3 is 2.61 bits per heavy atom. The third-order valence-corrected chi connectivity index (χ3v) is 3.73. The van der Waals surface area contributed by atoms with Crippen molar-refractivity contribution < 1.29 is 4.39 Å². The van der Waals surface area contributed by atoms with Crippen LogP contribution in [0.2, 0.25) is 0 Å². The number of aryl methyl sites for hydroxylation is 2. The number of benzene rings is 1. The van der Waals surface area contributed by atoms with Crippen LogP contribution >= 0.6 is 0 Å². The zero-order valence-corrected chi connectivity index (χ0v) is 11.6. The molecule has 0 aliphatic carbocycles. The predicted molar refractivity (Wildman–Crippen MR) is 73.2 cm³/mol. The Bertz CT molecular complexity index is 394. The van der Waals surface area contributed by atoms with E-state index in [-0.39, 0.29) is 5.82 Å². The standard InChI is InChI=1S/C15H23FN2/c1-4-14-10-18(6-5-17-14)9-13-7-11(2)15(16)12(3)8-13/h7-8,14,17H,4-6,9-10H2,1-3H3. The first-order valence-corrected chi connectivity index (χ1v) is 6.81. The fourth-order valence-electron chi connectivity index (χ4n) is 2.70. The molecule has 0 radical (unpaired) electrons. The van der Waals surface area contributed by atoms with Crippen molar-refractivity contribution in [3.05, 3.63) is 34.6 Å². The van der Waals surface area contributed by atoms with Crippen LogP contribution in [-0.4, -0.2) is 30.6 Å². The topological polar surface area (TPSA) is 15.3 Å². The van der Waals surface area contributed by atoms with Crippen LogP contribution in [0.25, 0.3) is 0 Å². The summed E-state index contributed by atoms with van der Waals surface area (Å²) in [5.74, 6) is -0.0644. The van der Waals surface area contributed by atoms with Gasteiger partial charge in [-0.15, -0.1) is 0 Å². The maximum Gasteiger partial charge on any atom is 0.129 e. The van der Waals surface area contributed by atoms with E-state index in [1.165, 1.54) is 5.56 Å². The predicted octanol–water partition coefficient (Wildman–Crippen LogP) is 2.63. The van der Waals surface area contributed by atoms with E-state index in [1.54, 1.807) is 0 Å². The minimum atomic E-state index is -0.0644. The highest BCUT2D eigenvalue weighted by Gasteiger charge is 2.18. The van der Waals surface area contributed by atoms with Gasteiger partial charge in [0.1, 0.15) is 5.82 Å². The summed E-state index contributed by atoms with van der Waals surface area (Å²) < 4.78 is 13.6. The number of nitrogens with zero attached hydrogens (tertiary/aromatic N) is 1. The molecular weight excluding hydrogens is 227 g/mol. The van der Waals surface area contributed by atoms with E-state index < -0.39 is 0 Å². The number of halogens is 1. The van der Waals surface area contributed by atoms with Crippen LogP contribution in [0, 0.1) is 19.7 Å². The number of hydrogen-bond donors (Lipinski definition) is 1. The first-order valence-electron chi connectivity index (χ1n) is 6.81. The normalized spacial score (nSPS) is 21.2. The average molecular weight is 250 g/mol. The molecule has 1 unspecified atom stereocenters. The molecule has 0 saturated carbocycles. The van der Waals surface area contributed by atoms with Crippen LogP contribution < -0.4 is 5.32 Å². The molecule has 1 saturated heterocycles. The van der Waals surface area contributed by atoms with Gasteiger partial charge >= 0.3 is 0 Å². The van der Waals surface area contributed by atoms with E-state index >= 15 is 0 Å². The third-order valence-electron chi connectivity index (χ3n) is 3.73. The van der Waals surface area contributed by atoms with Crippen molar-refractivity contribution >= 4 is 0 Å². The van der Waals surface area contributed by atoms with Crippen LogP contribution in [0.15, 0.2) is 12.1 Å². The summed E-state index contributed by atoms with van der Waals surface area (Å²) in [6.45, 7) is 10.1. The SMILES string of the molecule is CCC1CN(Cc2cc(C)c(F)c(C)c2)CCN1. The molecule has 1 aromatic rings. The highest BCUT2D eigenvalue weighted by atomic mass is 19.1. The maximum atomic E-state index is 13.6. The Kier molecular flexibility index (Phi) is 4.36. The highest BCUT2D eigenvalue weighted by molar-refractivity contribution is 5.30. The second-order valence-corrected chi connectivity index (χ2v) is 5.34. The van der Waals surface area contributed by atoms with Crippen molar-refractivity contribution in [3.63, 3.8) is 0 Å². The van der Waals surface area contributed by atoms with Crippen LogP contribution in [0.5, 0.6) is 0 Å². The van der Waals surface area contributed by atoms with E-state index in [9.17, 15) is 4.39 Å². The fraction of sp³-hybridized carbons (Fsp3) is 0.600. The van der Waals surface area contributed by atoms with E-state index in [2.05, 4.69) is 17.1 Å². The number of piperazine rings is 1. The van der Waals surface area contributed by atoms with Gasteiger partial charge in [-0.1, -0.05) is 19.1 Å². The molecule has 100 valence electrons. The lowest BCUT2D eigenvalue weighted by molar-refractivity contribution is 0.190. The summed E-state index contributed by atoms with van der Waals surface area (Å²) in [7, 11) is 0. The van der Waals surface area contributed by atoms with Crippen LogP contribution in [0.1, 0.15) is 30.0 Å². The molecule has 18 heavy (non-hydrogen) atoms. The summed E-state index contributed by atoms with van der Waals surface area (Å²) in [6, 6.07) is 4.55. The van der Waals surface area contributed by atoms with Gasteiger partial charge in [0.15, 0.2) is 0 Å². The lowest BCUT2D eigenvalue weighted by Crippen LogP contribution is -2.49. The van der Waals surface area contributed by atoms with E-state index in [0.717, 1.165) is 43.7 Å². The van der Waals surface area contributed by atoms with Gasteiger partial charge in [-0.3, -0.25) is 4.90 Å². The van der Waals surface area contributed by atoms with Crippen molar-refractivity contribution in [2.75, 3.05) is 19.6 Å². The molecule has 1 N–H and O–H groups in total.